The van der Waals surface area contributed by atoms with Gasteiger partial charge in [0, 0.05) is 48.7 Å². The standard InChI is InChI=1S/C20H22N6O2/c1-2-25-10-7-17(23-25)20(27)26-15-3-4-16(26)12-14(11-15)19-22-18(24-28-19)13-5-8-21-9-6-13/h5-10,14-16H,2-4,11-12H2,1H3. The average Bonchev–Trinajstić information content (AvgIpc) is 3.46. The average molecular weight is 378 g/mol. The molecule has 8 nitrogen and oxygen atoms in total. The zero-order valence-corrected chi connectivity index (χ0v) is 15.7. The molecule has 28 heavy (non-hydrogen) atoms. The van der Waals surface area contributed by atoms with E-state index in [9.17, 15) is 4.79 Å². The van der Waals surface area contributed by atoms with Crippen LogP contribution < -0.4 is 0 Å². The molecule has 2 unspecified atom stereocenters. The van der Waals surface area contributed by atoms with Gasteiger partial charge in [0.15, 0.2) is 0 Å². The molecule has 1 amide bonds. The molecular weight excluding hydrogens is 356 g/mol. The Kier molecular flexibility index (Phi) is 4.18. The predicted octanol–water partition coefficient (Wildman–Crippen LogP) is 2.90. The number of hydrogen-bond donors (Lipinski definition) is 0. The maximum atomic E-state index is 13.0. The Labute approximate surface area is 162 Å². The summed E-state index contributed by atoms with van der Waals surface area (Å²) in [6.07, 6.45) is 9.05. The number of carbonyl (C=O) groups excluding carboxylic acids is 1. The number of rotatable bonds is 4. The maximum absolute atomic E-state index is 13.0. The molecule has 5 rings (SSSR count). The molecule has 0 aliphatic carbocycles. The van der Waals surface area contributed by atoms with Gasteiger partial charge in [0.25, 0.3) is 5.91 Å². The minimum absolute atomic E-state index is 0.0427. The van der Waals surface area contributed by atoms with Crippen molar-refractivity contribution >= 4 is 5.91 Å². The highest BCUT2D eigenvalue weighted by molar-refractivity contribution is 5.93. The summed E-state index contributed by atoms with van der Waals surface area (Å²) in [5.41, 5.74) is 1.43. The van der Waals surface area contributed by atoms with E-state index in [0.717, 1.165) is 37.8 Å². The lowest BCUT2D eigenvalue weighted by molar-refractivity contribution is 0.0548. The fraction of sp³-hybridized carbons (Fsp3) is 0.450. The largest absolute Gasteiger partial charge is 0.339 e. The molecule has 2 bridgehead atoms. The van der Waals surface area contributed by atoms with Crippen LogP contribution in [0.4, 0.5) is 0 Å². The molecule has 3 aromatic rings. The second-order valence-corrected chi connectivity index (χ2v) is 7.51. The zero-order chi connectivity index (χ0) is 19.1. The zero-order valence-electron chi connectivity index (χ0n) is 15.7. The number of amides is 1. The fourth-order valence-corrected chi connectivity index (χ4v) is 4.51. The minimum atomic E-state index is 0.0427. The van der Waals surface area contributed by atoms with E-state index in [1.54, 1.807) is 17.1 Å². The number of aromatic nitrogens is 5. The van der Waals surface area contributed by atoms with Crippen molar-refractivity contribution in [1.29, 1.82) is 0 Å². The van der Waals surface area contributed by atoms with Crippen molar-refractivity contribution in [2.45, 2.75) is 57.2 Å². The Morgan fingerprint density at radius 3 is 2.61 bits per heavy atom. The summed E-state index contributed by atoms with van der Waals surface area (Å²) in [4.78, 5) is 23.7. The molecule has 0 N–H and O–H groups in total. The second kappa shape index (κ2) is 6.85. The Morgan fingerprint density at radius 2 is 1.93 bits per heavy atom. The highest BCUT2D eigenvalue weighted by Crippen LogP contribution is 2.43. The van der Waals surface area contributed by atoms with Crippen LogP contribution in [0.15, 0.2) is 41.3 Å². The Bertz CT molecular complexity index is 968. The highest BCUT2D eigenvalue weighted by atomic mass is 16.5. The lowest BCUT2D eigenvalue weighted by atomic mass is 9.90. The Balaban J connectivity index is 1.33. The number of hydrogen-bond acceptors (Lipinski definition) is 6. The van der Waals surface area contributed by atoms with Gasteiger partial charge in [-0.05, 0) is 50.8 Å². The van der Waals surface area contributed by atoms with Gasteiger partial charge in [-0.15, -0.1) is 0 Å². The molecule has 2 saturated heterocycles. The number of pyridine rings is 1. The molecule has 0 spiro atoms. The van der Waals surface area contributed by atoms with Gasteiger partial charge in [-0.3, -0.25) is 14.5 Å². The Morgan fingerprint density at radius 1 is 1.18 bits per heavy atom. The maximum Gasteiger partial charge on any atom is 0.274 e. The van der Waals surface area contributed by atoms with Crippen LogP contribution in [0, 0.1) is 0 Å². The van der Waals surface area contributed by atoms with Crippen LogP contribution in [-0.4, -0.2) is 47.8 Å². The first kappa shape index (κ1) is 17.1. The molecule has 2 atom stereocenters. The van der Waals surface area contributed by atoms with Crippen LogP contribution in [-0.2, 0) is 6.54 Å². The summed E-state index contributed by atoms with van der Waals surface area (Å²) in [7, 11) is 0. The molecule has 8 heteroatoms. The van der Waals surface area contributed by atoms with Crippen molar-refractivity contribution in [2.75, 3.05) is 0 Å². The normalized spacial score (nSPS) is 23.9. The molecule has 2 fully saturated rings. The third kappa shape index (κ3) is 2.89. The summed E-state index contributed by atoms with van der Waals surface area (Å²) < 4.78 is 7.37. The first-order chi connectivity index (χ1) is 13.7. The monoisotopic (exact) mass is 378 g/mol. The first-order valence-corrected chi connectivity index (χ1v) is 9.83. The van der Waals surface area contributed by atoms with Crippen LogP contribution in [0.1, 0.15) is 54.9 Å². The molecule has 2 aliphatic rings. The quantitative estimate of drug-likeness (QED) is 0.693. The molecular formula is C20H22N6O2. The van der Waals surface area contributed by atoms with Gasteiger partial charge < -0.3 is 9.42 Å². The van der Waals surface area contributed by atoms with Gasteiger partial charge >= 0.3 is 0 Å². The first-order valence-electron chi connectivity index (χ1n) is 9.83. The number of nitrogens with zero attached hydrogens (tertiary/aromatic N) is 6. The van der Waals surface area contributed by atoms with E-state index in [1.165, 1.54) is 0 Å². The molecule has 0 aromatic carbocycles. The van der Waals surface area contributed by atoms with E-state index in [4.69, 9.17) is 4.52 Å². The van der Waals surface area contributed by atoms with Gasteiger partial charge in [-0.1, -0.05) is 5.16 Å². The number of carbonyl (C=O) groups is 1. The second-order valence-electron chi connectivity index (χ2n) is 7.51. The van der Waals surface area contributed by atoms with E-state index in [-0.39, 0.29) is 23.9 Å². The van der Waals surface area contributed by atoms with Crippen LogP contribution in [0.5, 0.6) is 0 Å². The Hall–Kier alpha value is -3.03. The van der Waals surface area contributed by atoms with Crippen LogP contribution in [0.2, 0.25) is 0 Å². The van der Waals surface area contributed by atoms with E-state index < -0.39 is 0 Å². The SMILES string of the molecule is CCn1ccc(C(=O)N2C3CCC2CC(c2nc(-c4ccncc4)no2)C3)n1. The van der Waals surface area contributed by atoms with Gasteiger partial charge in [0.2, 0.25) is 11.7 Å². The van der Waals surface area contributed by atoms with Crippen molar-refractivity contribution in [1.82, 2.24) is 29.8 Å². The van der Waals surface area contributed by atoms with E-state index in [1.807, 2.05) is 36.2 Å². The molecule has 5 heterocycles. The summed E-state index contributed by atoms with van der Waals surface area (Å²) in [6, 6.07) is 5.97. The van der Waals surface area contributed by atoms with Crippen molar-refractivity contribution in [3.05, 3.63) is 48.4 Å². The minimum Gasteiger partial charge on any atom is -0.339 e. The third-order valence-electron chi connectivity index (χ3n) is 5.88. The summed E-state index contributed by atoms with van der Waals surface area (Å²) in [5, 5.41) is 8.53. The molecule has 0 saturated carbocycles. The molecule has 2 aliphatic heterocycles. The van der Waals surface area contributed by atoms with Crippen LogP contribution in [0.3, 0.4) is 0 Å². The van der Waals surface area contributed by atoms with Crippen molar-refractivity contribution in [3.8, 4) is 11.4 Å². The number of fused-ring (bicyclic) bond motifs is 2. The number of piperidine rings is 1. The van der Waals surface area contributed by atoms with Gasteiger partial charge in [0.05, 0.1) is 0 Å². The van der Waals surface area contributed by atoms with Gasteiger partial charge in [0.1, 0.15) is 5.69 Å². The molecule has 144 valence electrons. The van der Waals surface area contributed by atoms with Gasteiger partial charge in [-0.2, -0.15) is 10.1 Å². The topological polar surface area (TPSA) is 89.9 Å². The predicted molar refractivity (Wildman–Crippen MR) is 100 cm³/mol. The smallest absolute Gasteiger partial charge is 0.274 e. The van der Waals surface area contributed by atoms with Gasteiger partial charge in [-0.25, -0.2) is 0 Å². The lowest BCUT2D eigenvalue weighted by Gasteiger charge is -2.37. The summed E-state index contributed by atoms with van der Waals surface area (Å²) in [5.74, 6) is 1.50. The van der Waals surface area contributed by atoms with Crippen LogP contribution in [0.25, 0.3) is 11.4 Å². The highest BCUT2D eigenvalue weighted by Gasteiger charge is 2.45. The molecule has 3 aromatic heterocycles. The van der Waals surface area contributed by atoms with E-state index in [2.05, 4.69) is 20.2 Å². The van der Waals surface area contributed by atoms with Crippen LogP contribution >= 0.6 is 0 Å². The summed E-state index contributed by atoms with van der Waals surface area (Å²) >= 11 is 0. The van der Waals surface area contributed by atoms with E-state index in [0.29, 0.717) is 17.4 Å². The molecule has 0 radical (unpaired) electrons. The fourth-order valence-electron chi connectivity index (χ4n) is 4.51. The van der Waals surface area contributed by atoms with E-state index >= 15 is 0 Å². The summed E-state index contributed by atoms with van der Waals surface area (Å²) in [6.45, 7) is 2.78. The van der Waals surface area contributed by atoms with Crippen molar-refractivity contribution in [2.24, 2.45) is 0 Å². The van der Waals surface area contributed by atoms with Crippen molar-refractivity contribution < 1.29 is 9.32 Å². The lowest BCUT2D eigenvalue weighted by Crippen LogP contribution is -2.46. The van der Waals surface area contributed by atoms with Crippen molar-refractivity contribution in [3.63, 3.8) is 0 Å². The third-order valence-corrected chi connectivity index (χ3v) is 5.88. The number of aryl methyl sites for hydroxylation is 1.